The average molecular weight is 276 g/mol. The van der Waals surface area contributed by atoms with Crippen LogP contribution in [0, 0.1) is 0 Å². The second kappa shape index (κ2) is 6.52. The van der Waals surface area contributed by atoms with Gasteiger partial charge in [-0.05, 0) is 50.2 Å². The first-order chi connectivity index (χ1) is 9.60. The molecule has 1 aromatic carbocycles. The van der Waals surface area contributed by atoms with Gasteiger partial charge in [0, 0.05) is 18.2 Å². The smallest absolute Gasteiger partial charge is 0.335 e. The highest BCUT2D eigenvalue weighted by Crippen LogP contribution is 2.11. The zero-order valence-electron chi connectivity index (χ0n) is 11.6. The standard InChI is InChI=1S/C15H20N2O3/c1-2-17-9-3-4-13(10-17)16-14(18)11-5-7-12(8-6-11)15(19)20/h5-8,13H,2-4,9-10H2,1H3,(H,16,18)(H,19,20). The highest BCUT2D eigenvalue weighted by atomic mass is 16.4. The van der Waals surface area contributed by atoms with E-state index in [4.69, 9.17) is 5.11 Å². The third kappa shape index (κ3) is 3.57. The van der Waals surface area contributed by atoms with Gasteiger partial charge in [-0.2, -0.15) is 0 Å². The van der Waals surface area contributed by atoms with E-state index in [1.54, 1.807) is 12.1 Å². The second-order valence-corrected chi connectivity index (χ2v) is 5.09. The summed E-state index contributed by atoms with van der Waals surface area (Å²) in [7, 11) is 0. The lowest BCUT2D eigenvalue weighted by Gasteiger charge is -2.32. The van der Waals surface area contributed by atoms with Gasteiger partial charge >= 0.3 is 5.97 Å². The zero-order valence-corrected chi connectivity index (χ0v) is 11.6. The van der Waals surface area contributed by atoms with Gasteiger partial charge in [0.25, 0.3) is 5.91 Å². The average Bonchev–Trinajstić information content (AvgIpc) is 2.47. The SMILES string of the molecule is CCN1CCCC(NC(=O)c2ccc(C(=O)O)cc2)C1. The van der Waals surface area contributed by atoms with Crippen molar-refractivity contribution in [1.29, 1.82) is 0 Å². The number of hydrogen-bond acceptors (Lipinski definition) is 3. The number of hydrogen-bond donors (Lipinski definition) is 2. The summed E-state index contributed by atoms with van der Waals surface area (Å²) >= 11 is 0. The van der Waals surface area contributed by atoms with E-state index < -0.39 is 5.97 Å². The number of piperidine rings is 1. The Morgan fingerprint density at radius 2 is 1.95 bits per heavy atom. The van der Waals surface area contributed by atoms with Crippen LogP contribution in [0.2, 0.25) is 0 Å². The number of aromatic carboxylic acids is 1. The molecule has 0 spiro atoms. The van der Waals surface area contributed by atoms with Crippen molar-refractivity contribution in [3.63, 3.8) is 0 Å². The zero-order chi connectivity index (χ0) is 14.5. The van der Waals surface area contributed by atoms with Crippen LogP contribution in [0.4, 0.5) is 0 Å². The summed E-state index contributed by atoms with van der Waals surface area (Å²) in [5.41, 5.74) is 0.694. The minimum Gasteiger partial charge on any atom is -0.478 e. The Balaban J connectivity index is 1.95. The number of carbonyl (C=O) groups excluding carboxylic acids is 1. The van der Waals surface area contributed by atoms with Crippen molar-refractivity contribution in [3.8, 4) is 0 Å². The van der Waals surface area contributed by atoms with Crippen LogP contribution in [0.3, 0.4) is 0 Å². The van der Waals surface area contributed by atoms with Crippen LogP contribution in [0.1, 0.15) is 40.5 Å². The lowest BCUT2D eigenvalue weighted by atomic mass is 10.0. The molecule has 1 fully saturated rings. The fraction of sp³-hybridized carbons (Fsp3) is 0.467. The molecule has 1 aliphatic rings. The summed E-state index contributed by atoms with van der Waals surface area (Å²) < 4.78 is 0. The molecule has 0 saturated carbocycles. The van der Waals surface area contributed by atoms with Gasteiger partial charge < -0.3 is 15.3 Å². The molecular weight excluding hydrogens is 256 g/mol. The van der Waals surface area contributed by atoms with E-state index in [1.165, 1.54) is 12.1 Å². The number of rotatable bonds is 4. The fourth-order valence-electron chi connectivity index (χ4n) is 2.49. The molecule has 1 atom stereocenters. The van der Waals surface area contributed by atoms with Crippen molar-refractivity contribution in [1.82, 2.24) is 10.2 Å². The summed E-state index contributed by atoms with van der Waals surface area (Å²) in [5.74, 6) is -1.12. The topological polar surface area (TPSA) is 69.6 Å². The monoisotopic (exact) mass is 276 g/mol. The van der Waals surface area contributed by atoms with Crippen LogP contribution in [0.15, 0.2) is 24.3 Å². The van der Waals surface area contributed by atoms with E-state index in [9.17, 15) is 9.59 Å². The normalized spacial score (nSPS) is 19.6. The Kier molecular flexibility index (Phi) is 4.74. The highest BCUT2D eigenvalue weighted by Gasteiger charge is 2.20. The third-order valence-corrected chi connectivity index (χ3v) is 3.68. The molecule has 20 heavy (non-hydrogen) atoms. The lowest BCUT2D eigenvalue weighted by Crippen LogP contribution is -2.47. The summed E-state index contributed by atoms with van der Waals surface area (Å²) in [6.07, 6.45) is 2.09. The van der Waals surface area contributed by atoms with E-state index in [-0.39, 0.29) is 17.5 Å². The van der Waals surface area contributed by atoms with Crippen molar-refractivity contribution in [2.24, 2.45) is 0 Å². The molecule has 1 aliphatic heterocycles. The molecule has 1 amide bonds. The van der Waals surface area contributed by atoms with Crippen LogP contribution >= 0.6 is 0 Å². The van der Waals surface area contributed by atoms with E-state index >= 15 is 0 Å². The molecule has 0 aromatic heterocycles. The van der Waals surface area contributed by atoms with Crippen LogP contribution < -0.4 is 5.32 Å². The molecule has 5 nitrogen and oxygen atoms in total. The van der Waals surface area contributed by atoms with Crippen molar-refractivity contribution < 1.29 is 14.7 Å². The van der Waals surface area contributed by atoms with Gasteiger partial charge in [-0.25, -0.2) is 4.79 Å². The van der Waals surface area contributed by atoms with Gasteiger partial charge in [0.2, 0.25) is 0 Å². The Bertz CT molecular complexity index is 484. The third-order valence-electron chi connectivity index (χ3n) is 3.68. The summed E-state index contributed by atoms with van der Waals surface area (Å²) in [5, 5.41) is 11.8. The van der Waals surface area contributed by atoms with E-state index in [0.29, 0.717) is 5.56 Å². The second-order valence-electron chi connectivity index (χ2n) is 5.09. The quantitative estimate of drug-likeness (QED) is 0.876. The first kappa shape index (κ1) is 14.5. The molecule has 2 N–H and O–H groups in total. The molecule has 0 radical (unpaired) electrons. The molecule has 1 heterocycles. The maximum Gasteiger partial charge on any atom is 0.335 e. The molecule has 0 aliphatic carbocycles. The molecule has 1 saturated heterocycles. The number of likely N-dealkylation sites (N-methyl/N-ethyl adjacent to an activating group) is 1. The first-order valence-corrected chi connectivity index (χ1v) is 6.96. The number of carboxylic acids is 1. The molecule has 5 heteroatoms. The lowest BCUT2D eigenvalue weighted by molar-refractivity contribution is 0.0696. The maximum atomic E-state index is 12.1. The summed E-state index contributed by atoms with van der Waals surface area (Å²) in [6.45, 7) is 5.10. The predicted octanol–water partition coefficient (Wildman–Crippen LogP) is 1.60. The summed E-state index contributed by atoms with van der Waals surface area (Å²) in [6, 6.07) is 6.20. The van der Waals surface area contributed by atoms with Crippen molar-refractivity contribution in [2.45, 2.75) is 25.8 Å². The molecular formula is C15H20N2O3. The Morgan fingerprint density at radius 3 is 2.55 bits per heavy atom. The van der Waals surface area contributed by atoms with Crippen molar-refractivity contribution >= 4 is 11.9 Å². The van der Waals surface area contributed by atoms with Crippen molar-refractivity contribution in [3.05, 3.63) is 35.4 Å². The van der Waals surface area contributed by atoms with Gasteiger partial charge in [-0.1, -0.05) is 6.92 Å². The minimum absolute atomic E-state index is 0.134. The van der Waals surface area contributed by atoms with Gasteiger partial charge in [-0.15, -0.1) is 0 Å². The number of nitrogens with one attached hydrogen (secondary N) is 1. The van der Waals surface area contributed by atoms with E-state index in [0.717, 1.165) is 32.5 Å². The number of nitrogens with zero attached hydrogens (tertiary/aromatic N) is 1. The molecule has 1 unspecified atom stereocenters. The highest BCUT2D eigenvalue weighted by molar-refractivity contribution is 5.96. The largest absolute Gasteiger partial charge is 0.478 e. The van der Waals surface area contributed by atoms with Crippen LogP contribution in [0.25, 0.3) is 0 Å². The Hall–Kier alpha value is -1.88. The number of likely N-dealkylation sites (tertiary alicyclic amines) is 1. The fourth-order valence-corrected chi connectivity index (χ4v) is 2.49. The van der Waals surface area contributed by atoms with Gasteiger partial charge in [0.05, 0.1) is 5.56 Å². The Labute approximate surface area is 118 Å². The summed E-state index contributed by atoms with van der Waals surface area (Å²) in [4.78, 5) is 25.2. The first-order valence-electron chi connectivity index (χ1n) is 6.96. The number of carboxylic acid groups (broad SMARTS) is 1. The maximum absolute atomic E-state index is 12.1. The van der Waals surface area contributed by atoms with Gasteiger partial charge in [0.15, 0.2) is 0 Å². The number of carbonyl (C=O) groups is 2. The van der Waals surface area contributed by atoms with E-state index in [2.05, 4.69) is 17.1 Å². The van der Waals surface area contributed by atoms with E-state index in [1.807, 2.05) is 0 Å². The molecule has 108 valence electrons. The van der Waals surface area contributed by atoms with Crippen LogP contribution in [0.5, 0.6) is 0 Å². The molecule has 1 aromatic rings. The number of amides is 1. The van der Waals surface area contributed by atoms with Gasteiger partial charge in [0.1, 0.15) is 0 Å². The van der Waals surface area contributed by atoms with Crippen molar-refractivity contribution in [2.75, 3.05) is 19.6 Å². The molecule has 2 rings (SSSR count). The van der Waals surface area contributed by atoms with Gasteiger partial charge in [-0.3, -0.25) is 4.79 Å². The molecule has 0 bridgehead atoms. The van der Waals surface area contributed by atoms with Crippen LogP contribution in [-0.4, -0.2) is 47.6 Å². The minimum atomic E-state index is -0.983. The predicted molar refractivity (Wildman–Crippen MR) is 76.0 cm³/mol. The Morgan fingerprint density at radius 1 is 1.30 bits per heavy atom. The van der Waals surface area contributed by atoms with Crippen LogP contribution in [-0.2, 0) is 0 Å². The number of benzene rings is 1.